The first-order chi connectivity index (χ1) is 16.4. The molecule has 0 fully saturated rings. The zero-order valence-electron chi connectivity index (χ0n) is 17.6. The Kier molecular flexibility index (Phi) is 7.48. The molecule has 2 N–H and O–H groups in total. The summed E-state index contributed by atoms with van der Waals surface area (Å²) >= 11 is 0. The Hall–Kier alpha value is -4.28. The van der Waals surface area contributed by atoms with Crippen molar-refractivity contribution in [3.8, 4) is 5.75 Å². The molecule has 0 radical (unpaired) electrons. The van der Waals surface area contributed by atoms with E-state index in [9.17, 15) is 35.9 Å². The van der Waals surface area contributed by atoms with Crippen LogP contribution in [0.15, 0.2) is 84.6 Å². The summed E-state index contributed by atoms with van der Waals surface area (Å²) in [4.78, 5) is 25.6. The van der Waals surface area contributed by atoms with E-state index in [4.69, 9.17) is 0 Å². The Morgan fingerprint density at radius 2 is 1.37 bits per heavy atom. The van der Waals surface area contributed by atoms with Gasteiger partial charge in [-0.3, -0.25) is 9.59 Å². The smallest absolute Gasteiger partial charge is 0.404 e. The fourth-order valence-electron chi connectivity index (χ4n) is 2.95. The van der Waals surface area contributed by atoms with Crippen molar-refractivity contribution in [2.24, 2.45) is 0 Å². The Balaban J connectivity index is 2.01. The third kappa shape index (κ3) is 7.10. The Morgan fingerprint density at radius 3 is 2.03 bits per heavy atom. The molecule has 182 valence electrons. The molecule has 3 aromatic carbocycles. The van der Waals surface area contributed by atoms with Gasteiger partial charge in [0.2, 0.25) is 0 Å². The van der Waals surface area contributed by atoms with Gasteiger partial charge in [0.1, 0.15) is 5.70 Å². The number of ether oxygens (including phenoxy) is 1. The molecule has 0 aliphatic heterocycles. The van der Waals surface area contributed by atoms with Crippen LogP contribution in [0.4, 0.5) is 32.0 Å². The molecule has 0 aliphatic carbocycles. The molecule has 0 heterocycles. The van der Waals surface area contributed by atoms with E-state index in [0.29, 0.717) is 0 Å². The van der Waals surface area contributed by atoms with Crippen molar-refractivity contribution in [2.75, 3.05) is 5.32 Å². The molecule has 0 aliphatic rings. The lowest BCUT2D eigenvalue weighted by molar-refractivity contribution is -0.274. The van der Waals surface area contributed by atoms with Crippen LogP contribution in [-0.2, 0) is 11.0 Å². The number of rotatable bonds is 6. The molecule has 0 atom stereocenters. The zero-order chi connectivity index (χ0) is 25.6. The van der Waals surface area contributed by atoms with E-state index in [0.717, 1.165) is 36.4 Å². The van der Waals surface area contributed by atoms with Gasteiger partial charge in [-0.15, -0.1) is 13.2 Å². The molecule has 11 heteroatoms. The normalized spacial score (nSPS) is 12.1. The molecule has 2 amide bonds. The number of amides is 2. The van der Waals surface area contributed by atoms with E-state index in [1.165, 1.54) is 42.5 Å². The molecular formula is C24H16F6N2O3. The molecule has 0 unspecified atom stereocenters. The SMILES string of the molecule is O=C(Nc1ccccc1OC(F)(F)F)/C(=C/c1ccccc1C(F)(F)F)NC(=O)c1ccccc1. The fraction of sp³-hybridized carbons (Fsp3) is 0.0833. The van der Waals surface area contributed by atoms with Crippen molar-refractivity contribution in [3.63, 3.8) is 0 Å². The van der Waals surface area contributed by atoms with Gasteiger partial charge in [0, 0.05) is 5.56 Å². The first kappa shape index (κ1) is 25.3. The predicted octanol–water partition coefficient (Wildman–Crippen LogP) is 6.01. The van der Waals surface area contributed by atoms with Gasteiger partial charge in [-0.05, 0) is 42.0 Å². The van der Waals surface area contributed by atoms with Crippen molar-refractivity contribution in [3.05, 3.63) is 101 Å². The molecule has 3 rings (SSSR count). The van der Waals surface area contributed by atoms with E-state index in [2.05, 4.69) is 15.4 Å². The van der Waals surface area contributed by atoms with Crippen LogP contribution in [0.25, 0.3) is 6.08 Å². The quantitative estimate of drug-likeness (QED) is 0.326. The van der Waals surface area contributed by atoms with Crippen molar-refractivity contribution >= 4 is 23.6 Å². The number of carbonyl (C=O) groups is 2. The highest BCUT2D eigenvalue weighted by Crippen LogP contribution is 2.33. The summed E-state index contributed by atoms with van der Waals surface area (Å²) in [6, 6.07) is 16.4. The van der Waals surface area contributed by atoms with Crippen LogP contribution in [0.5, 0.6) is 5.75 Å². The lowest BCUT2D eigenvalue weighted by Gasteiger charge is -2.16. The highest BCUT2D eigenvalue weighted by atomic mass is 19.4. The lowest BCUT2D eigenvalue weighted by atomic mass is 10.1. The molecule has 0 bridgehead atoms. The van der Waals surface area contributed by atoms with E-state index in [-0.39, 0.29) is 5.56 Å². The number of para-hydroxylation sites is 2. The van der Waals surface area contributed by atoms with Gasteiger partial charge in [-0.1, -0.05) is 48.5 Å². The van der Waals surface area contributed by atoms with E-state index in [1.54, 1.807) is 6.07 Å². The van der Waals surface area contributed by atoms with Crippen molar-refractivity contribution in [1.29, 1.82) is 0 Å². The van der Waals surface area contributed by atoms with Gasteiger partial charge in [0.25, 0.3) is 11.8 Å². The number of alkyl halides is 6. The number of carbonyl (C=O) groups excluding carboxylic acids is 2. The molecule has 0 saturated heterocycles. The van der Waals surface area contributed by atoms with Gasteiger partial charge >= 0.3 is 12.5 Å². The predicted molar refractivity (Wildman–Crippen MR) is 115 cm³/mol. The standard InChI is InChI=1S/C24H16F6N2O3/c25-23(26,27)17-11-5-4-10-16(17)14-19(32-21(33)15-8-2-1-3-9-15)22(34)31-18-12-6-7-13-20(18)35-24(28,29)30/h1-14H,(H,31,34)(H,32,33)/b19-14-. The monoisotopic (exact) mass is 494 g/mol. The topological polar surface area (TPSA) is 67.4 Å². The maximum atomic E-state index is 13.4. The number of hydrogen-bond acceptors (Lipinski definition) is 3. The molecule has 5 nitrogen and oxygen atoms in total. The van der Waals surface area contributed by atoms with Crippen LogP contribution in [0, 0.1) is 0 Å². The number of benzene rings is 3. The minimum Gasteiger partial charge on any atom is -0.404 e. The van der Waals surface area contributed by atoms with Crippen molar-refractivity contribution < 1.29 is 40.7 Å². The van der Waals surface area contributed by atoms with Crippen molar-refractivity contribution in [2.45, 2.75) is 12.5 Å². The second kappa shape index (κ2) is 10.3. The van der Waals surface area contributed by atoms with Crippen LogP contribution >= 0.6 is 0 Å². The largest absolute Gasteiger partial charge is 0.573 e. The van der Waals surface area contributed by atoms with Crippen LogP contribution in [0.2, 0.25) is 0 Å². The summed E-state index contributed by atoms with van der Waals surface area (Å²) in [5, 5.41) is 4.37. The average molecular weight is 494 g/mol. The molecule has 35 heavy (non-hydrogen) atoms. The highest BCUT2D eigenvalue weighted by Gasteiger charge is 2.34. The van der Waals surface area contributed by atoms with Gasteiger partial charge in [-0.25, -0.2) is 0 Å². The second-order valence-electron chi connectivity index (χ2n) is 6.96. The molecule has 0 aromatic heterocycles. The van der Waals surface area contributed by atoms with Crippen LogP contribution in [0.1, 0.15) is 21.5 Å². The summed E-state index contributed by atoms with van der Waals surface area (Å²) in [5.41, 5.74) is -2.49. The Bertz CT molecular complexity index is 1240. The first-order valence-electron chi connectivity index (χ1n) is 9.84. The van der Waals surface area contributed by atoms with Crippen LogP contribution < -0.4 is 15.4 Å². The maximum Gasteiger partial charge on any atom is 0.573 e. The molecule has 0 spiro atoms. The molecular weight excluding hydrogens is 478 g/mol. The van der Waals surface area contributed by atoms with Gasteiger partial charge < -0.3 is 15.4 Å². The van der Waals surface area contributed by atoms with Gasteiger partial charge in [0.05, 0.1) is 11.3 Å². The Labute approximate surface area is 195 Å². The lowest BCUT2D eigenvalue weighted by Crippen LogP contribution is -2.31. The second-order valence-corrected chi connectivity index (χ2v) is 6.96. The van der Waals surface area contributed by atoms with Crippen molar-refractivity contribution in [1.82, 2.24) is 5.32 Å². The number of halogens is 6. The summed E-state index contributed by atoms with van der Waals surface area (Å²) in [6.45, 7) is 0. The van der Waals surface area contributed by atoms with E-state index < -0.39 is 52.6 Å². The maximum absolute atomic E-state index is 13.4. The minimum atomic E-state index is -5.06. The molecule has 0 saturated carbocycles. The fourth-order valence-corrected chi connectivity index (χ4v) is 2.95. The van der Waals surface area contributed by atoms with Crippen LogP contribution in [-0.4, -0.2) is 18.2 Å². The highest BCUT2D eigenvalue weighted by molar-refractivity contribution is 6.11. The number of nitrogens with one attached hydrogen (secondary N) is 2. The summed E-state index contributed by atoms with van der Waals surface area (Å²) < 4.78 is 82.3. The zero-order valence-corrected chi connectivity index (χ0v) is 17.6. The third-order valence-electron chi connectivity index (χ3n) is 4.46. The summed E-state index contributed by atoms with van der Waals surface area (Å²) in [5.74, 6) is -2.75. The van der Waals surface area contributed by atoms with Crippen LogP contribution in [0.3, 0.4) is 0 Å². The molecule has 3 aromatic rings. The number of hydrogen-bond donors (Lipinski definition) is 2. The van der Waals surface area contributed by atoms with E-state index in [1.807, 2.05) is 0 Å². The summed E-state index contributed by atoms with van der Waals surface area (Å²) in [7, 11) is 0. The minimum absolute atomic E-state index is 0.0936. The van der Waals surface area contributed by atoms with Gasteiger partial charge in [0.15, 0.2) is 5.75 Å². The average Bonchev–Trinajstić information content (AvgIpc) is 2.79. The van der Waals surface area contributed by atoms with Gasteiger partial charge in [-0.2, -0.15) is 13.2 Å². The number of anilines is 1. The first-order valence-corrected chi connectivity index (χ1v) is 9.84. The summed E-state index contributed by atoms with van der Waals surface area (Å²) in [6.07, 6.45) is -9.05. The third-order valence-corrected chi connectivity index (χ3v) is 4.46. The van der Waals surface area contributed by atoms with E-state index >= 15 is 0 Å². The Morgan fingerprint density at radius 1 is 0.771 bits per heavy atom.